The van der Waals surface area contributed by atoms with Crippen molar-refractivity contribution in [3.63, 3.8) is 0 Å². The number of aromatic amines is 1. The molecular formula is C23H25N3O4. The largest absolute Gasteiger partial charge is 0.481 e. The van der Waals surface area contributed by atoms with Crippen LogP contribution in [-0.2, 0) is 11.2 Å². The van der Waals surface area contributed by atoms with Crippen molar-refractivity contribution in [1.82, 2.24) is 15.1 Å². The van der Waals surface area contributed by atoms with Crippen molar-refractivity contribution in [3.8, 4) is 5.69 Å². The summed E-state index contributed by atoms with van der Waals surface area (Å²) in [5.74, 6) is -1.57. The van der Waals surface area contributed by atoms with Crippen LogP contribution < -0.4 is 10.9 Å². The first kappa shape index (κ1) is 21.1. The Balaban J connectivity index is 1.88. The highest BCUT2D eigenvalue weighted by atomic mass is 16.4. The minimum Gasteiger partial charge on any atom is -0.481 e. The SMILES string of the molecule is CCc1ccc(C(CC(=O)O)NC(=O)c2cc(=O)n(-c3cc(C)ccc3C)[nH]2)cc1. The Hall–Kier alpha value is -3.61. The summed E-state index contributed by atoms with van der Waals surface area (Å²) < 4.78 is 1.32. The molecule has 0 aliphatic carbocycles. The summed E-state index contributed by atoms with van der Waals surface area (Å²) in [4.78, 5) is 36.6. The third-order valence-electron chi connectivity index (χ3n) is 5.05. The molecule has 30 heavy (non-hydrogen) atoms. The molecule has 3 aromatic rings. The van der Waals surface area contributed by atoms with Crippen molar-refractivity contribution in [1.29, 1.82) is 0 Å². The lowest BCUT2D eigenvalue weighted by atomic mass is 10.0. The van der Waals surface area contributed by atoms with Crippen molar-refractivity contribution >= 4 is 11.9 Å². The third kappa shape index (κ3) is 4.68. The number of benzene rings is 2. The molecule has 7 heteroatoms. The van der Waals surface area contributed by atoms with Gasteiger partial charge < -0.3 is 10.4 Å². The van der Waals surface area contributed by atoms with Crippen molar-refractivity contribution in [2.45, 2.75) is 39.7 Å². The molecule has 0 bridgehead atoms. The summed E-state index contributed by atoms with van der Waals surface area (Å²) in [5, 5.41) is 14.8. The molecule has 0 radical (unpaired) electrons. The molecule has 0 aliphatic heterocycles. The third-order valence-corrected chi connectivity index (χ3v) is 5.05. The maximum absolute atomic E-state index is 12.8. The second-order valence-corrected chi connectivity index (χ2v) is 7.35. The molecule has 1 amide bonds. The van der Waals surface area contributed by atoms with Gasteiger partial charge in [0, 0.05) is 6.07 Å². The number of nitrogens with zero attached hydrogens (tertiary/aromatic N) is 1. The second kappa shape index (κ2) is 8.82. The van der Waals surface area contributed by atoms with E-state index in [0.29, 0.717) is 11.3 Å². The number of aliphatic carboxylic acids is 1. The van der Waals surface area contributed by atoms with E-state index in [4.69, 9.17) is 0 Å². The van der Waals surface area contributed by atoms with Crippen LogP contribution in [0.15, 0.2) is 53.3 Å². The van der Waals surface area contributed by atoms with Crippen LogP contribution in [0.2, 0.25) is 0 Å². The van der Waals surface area contributed by atoms with Gasteiger partial charge in [-0.2, -0.15) is 0 Å². The molecule has 7 nitrogen and oxygen atoms in total. The summed E-state index contributed by atoms with van der Waals surface area (Å²) in [6.07, 6.45) is 0.600. The fraction of sp³-hybridized carbons (Fsp3) is 0.261. The Morgan fingerprint density at radius 1 is 1.10 bits per heavy atom. The summed E-state index contributed by atoms with van der Waals surface area (Å²) in [6.45, 7) is 5.83. The number of hydrogen-bond acceptors (Lipinski definition) is 3. The van der Waals surface area contributed by atoms with E-state index in [1.165, 1.54) is 10.7 Å². The van der Waals surface area contributed by atoms with Crippen LogP contribution >= 0.6 is 0 Å². The van der Waals surface area contributed by atoms with Crippen LogP contribution in [0.4, 0.5) is 0 Å². The minimum absolute atomic E-state index is 0.0708. The number of carbonyl (C=O) groups is 2. The molecule has 3 rings (SSSR count). The number of carboxylic acid groups (broad SMARTS) is 1. The van der Waals surface area contributed by atoms with Crippen LogP contribution in [0, 0.1) is 13.8 Å². The lowest BCUT2D eigenvalue weighted by Crippen LogP contribution is -2.30. The van der Waals surface area contributed by atoms with Crippen molar-refractivity contribution < 1.29 is 14.7 Å². The molecule has 0 fully saturated rings. The number of rotatable bonds is 7. The van der Waals surface area contributed by atoms with Crippen LogP contribution in [0.25, 0.3) is 5.69 Å². The van der Waals surface area contributed by atoms with Crippen LogP contribution in [-0.4, -0.2) is 26.8 Å². The summed E-state index contributed by atoms with van der Waals surface area (Å²) in [7, 11) is 0. The molecule has 1 unspecified atom stereocenters. The Kier molecular flexibility index (Phi) is 6.20. The lowest BCUT2D eigenvalue weighted by molar-refractivity contribution is -0.137. The number of carboxylic acids is 1. The molecule has 156 valence electrons. The van der Waals surface area contributed by atoms with Gasteiger partial charge in [0.2, 0.25) is 0 Å². The topological polar surface area (TPSA) is 104 Å². The van der Waals surface area contributed by atoms with Gasteiger partial charge in [-0.15, -0.1) is 0 Å². The molecule has 0 saturated carbocycles. The zero-order valence-electron chi connectivity index (χ0n) is 17.2. The highest BCUT2D eigenvalue weighted by molar-refractivity contribution is 5.92. The van der Waals surface area contributed by atoms with Gasteiger partial charge in [0.05, 0.1) is 18.2 Å². The molecular weight excluding hydrogens is 382 g/mol. The zero-order valence-corrected chi connectivity index (χ0v) is 17.2. The quantitative estimate of drug-likeness (QED) is 0.559. The molecule has 3 N–H and O–H groups in total. The van der Waals surface area contributed by atoms with E-state index in [1.54, 1.807) is 0 Å². The normalized spacial score (nSPS) is 11.8. The Morgan fingerprint density at radius 3 is 2.43 bits per heavy atom. The van der Waals surface area contributed by atoms with E-state index in [2.05, 4.69) is 10.4 Å². The maximum Gasteiger partial charge on any atom is 0.305 e. The molecule has 0 spiro atoms. The smallest absolute Gasteiger partial charge is 0.305 e. The van der Waals surface area contributed by atoms with E-state index in [0.717, 1.165) is 23.1 Å². The van der Waals surface area contributed by atoms with E-state index >= 15 is 0 Å². The number of aromatic nitrogens is 2. The molecule has 2 aromatic carbocycles. The second-order valence-electron chi connectivity index (χ2n) is 7.35. The number of carbonyl (C=O) groups excluding carboxylic acids is 1. The molecule has 1 atom stereocenters. The number of aryl methyl sites for hydroxylation is 3. The first-order chi connectivity index (χ1) is 14.3. The maximum atomic E-state index is 12.8. The fourth-order valence-electron chi connectivity index (χ4n) is 3.30. The van der Waals surface area contributed by atoms with E-state index in [9.17, 15) is 19.5 Å². The minimum atomic E-state index is -1.03. The number of nitrogens with one attached hydrogen (secondary N) is 2. The number of amides is 1. The first-order valence-corrected chi connectivity index (χ1v) is 9.79. The van der Waals surface area contributed by atoms with Gasteiger partial charge in [0.15, 0.2) is 0 Å². The predicted molar refractivity (Wildman–Crippen MR) is 114 cm³/mol. The Bertz CT molecular complexity index is 1130. The average molecular weight is 407 g/mol. The van der Waals surface area contributed by atoms with Gasteiger partial charge in [0.25, 0.3) is 11.5 Å². The average Bonchev–Trinajstić information content (AvgIpc) is 3.10. The van der Waals surface area contributed by atoms with Crippen LogP contribution in [0.5, 0.6) is 0 Å². The van der Waals surface area contributed by atoms with Gasteiger partial charge in [-0.25, -0.2) is 4.68 Å². The standard InChI is InChI=1S/C23H25N3O4/c1-4-16-7-9-17(10-8-16)18(13-22(28)29)24-23(30)19-12-21(27)26(25-19)20-11-14(2)5-6-15(20)3/h5-12,18,25H,4,13H2,1-3H3,(H,24,30)(H,28,29). The van der Waals surface area contributed by atoms with Gasteiger partial charge in [-0.3, -0.25) is 19.5 Å². The van der Waals surface area contributed by atoms with Gasteiger partial charge in [-0.1, -0.05) is 43.3 Å². The molecule has 0 aliphatic rings. The van der Waals surface area contributed by atoms with Crippen molar-refractivity contribution in [2.24, 2.45) is 0 Å². The fourth-order valence-corrected chi connectivity index (χ4v) is 3.30. The number of H-pyrrole nitrogens is 1. The Morgan fingerprint density at radius 2 is 1.80 bits per heavy atom. The van der Waals surface area contributed by atoms with E-state index in [-0.39, 0.29) is 17.7 Å². The van der Waals surface area contributed by atoms with Gasteiger partial charge in [0.1, 0.15) is 5.69 Å². The van der Waals surface area contributed by atoms with Crippen LogP contribution in [0.3, 0.4) is 0 Å². The summed E-state index contributed by atoms with van der Waals surface area (Å²) >= 11 is 0. The van der Waals surface area contributed by atoms with E-state index < -0.39 is 17.9 Å². The lowest BCUT2D eigenvalue weighted by Gasteiger charge is -2.17. The molecule has 1 heterocycles. The monoisotopic (exact) mass is 407 g/mol. The molecule has 1 aromatic heterocycles. The van der Waals surface area contributed by atoms with Crippen molar-refractivity contribution in [3.05, 3.63) is 86.8 Å². The number of hydrogen-bond donors (Lipinski definition) is 3. The molecule has 0 saturated heterocycles. The predicted octanol–water partition coefficient (Wildman–Crippen LogP) is 3.29. The highest BCUT2D eigenvalue weighted by Crippen LogP contribution is 2.19. The zero-order chi connectivity index (χ0) is 21.8. The van der Waals surface area contributed by atoms with Crippen molar-refractivity contribution in [2.75, 3.05) is 0 Å². The van der Waals surface area contributed by atoms with E-state index in [1.807, 2.05) is 63.2 Å². The van der Waals surface area contributed by atoms with Gasteiger partial charge >= 0.3 is 5.97 Å². The summed E-state index contributed by atoms with van der Waals surface area (Å²) in [5.41, 5.74) is 4.05. The Labute approximate surface area is 174 Å². The summed E-state index contributed by atoms with van der Waals surface area (Å²) in [6, 6.07) is 13.7. The van der Waals surface area contributed by atoms with Crippen LogP contribution in [0.1, 0.15) is 52.1 Å². The first-order valence-electron chi connectivity index (χ1n) is 9.79. The highest BCUT2D eigenvalue weighted by Gasteiger charge is 2.21. The van der Waals surface area contributed by atoms with Gasteiger partial charge in [-0.05, 0) is 48.6 Å².